The van der Waals surface area contributed by atoms with E-state index in [9.17, 15) is 9.59 Å². The number of benzene rings is 1. The van der Waals surface area contributed by atoms with Crippen LogP contribution in [0.3, 0.4) is 0 Å². The van der Waals surface area contributed by atoms with E-state index < -0.39 is 6.16 Å². The lowest BCUT2D eigenvalue weighted by molar-refractivity contribution is 0.0895. The normalized spacial score (nSPS) is 16.8. The number of halogens is 1. The van der Waals surface area contributed by atoms with Crippen LogP contribution in [0.4, 0.5) is 4.79 Å². The quantitative estimate of drug-likeness (QED) is 0.246. The minimum absolute atomic E-state index is 0.0818. The van der Waals surface area contributed by atoms with Gasteiger partial charge in [-0.25, -0.2) is 9.78 Å². The van der Waals surface area contributed by atoms with Gasteiger partial charge in [0, 0.05) is 31.2 Å². The molecule has 0 spiro atoms. The third-order valence-corrected chi connectivity index (χ3v) is 8.91. The second-order valence-electron chi connectivity index (χ2n) is 9.16. The first-order valence-electron chi connectivity index (χ1n) is 12.0. The number of imidazole rings is 1. The maximum Gasteiger partial charge on any atom is 0.511 e. The number of likely N-dealkylation sites (tertiary alicyclic amines) is 1. The SMILES string of the molecule is O=C(O)Oc1ccc2nc(C(=O)NC3CCN(C4CC4)CC3)n(Cc3nnc(-c4ccc(Cl)s4)s3)c2c1. The Hall–Kier alpha value is -3.06. The number of fused-ring (bicyclic) bond motifs is 1. The van der Waals surface area contributed by atoms with Crippen LogP contribution in [0, 0.1) is 0 Å². The van der Waals surface area contributed by atoms with Gasteiger partial charge in [-0.05, 0) is 49.9 Å². The van der Waals surface area contributed by atoms with Crippen LogP contribution in [0.25, 0.3) is 20.9 Å². The van der Waals surface area contributed by atoms with Gasteiger partial charge in [-0.15, -0.1) is 21.5 Å². The van der Waals surface area contributed by atoms with Crippen molar-refractivity contribution in [1.29, 1.82) is 0 Å². The van der Waals surface area contributed by atoms with Crippen LogP contribution in [0.5, 0.6) is 5.75 Å². The summed E-state index contributed by atoms with van der Waals surface area (Å²) in [4.78, 5) is 32.5. The van der Waals surface area contributed by atoms with E-state index in [2.05, 4.69) is 25.4 Å². The standard InChI is InChI=1S/C24H23ClN6O4S2/c25-19-6-5-18(36-19)23-29-28-20(37-23)12-31-17-11-15(35-24(33)34)3-4-16(17)27-21(31)22(32)26-13-7-9-30(10-8-13)14-1-2-14/h3-6,11,13-14H,1-2,7-10,12H2,(H,26,32)(H,33,34). The molecule has 4 aromatic rings. The molecule has 1 aliphatic heterocycles. The minimum atomic E-state index is -1.41. The van der Waals surface area contributed by atoms with Crippen molar-refractivity contribution < 1.29 is 19.4 Å². The topological polar surface area (TPSA) is 122 Å². The van der Waals surface area contributed by atoms with Crippen molar-refractivity contribution >= 4 is 57.4 Å². The molecule has 1 amide bonds. The second-order valence-corrected chi connectivity index (χ2v) is 11.9. The highest BCUT2D eigenvalue weighted by atomic mass is 35.5. The lowest BCUT2D eigenvalue weighted by Gasteiger charge is -2.32. The van der Waals surface area contributed by atoms with Crippen molar-refractivity contribution in [2.24, 2.45) is 0 Å². The van der Waals surface area contributed by atoms with Crippen LogP contribution in [-0.4, -0.2) is 67.0 Å². The van der Waals surface area contributed by atoms with Crippen molar-refractivity contribution in [2.45, 2.75) is 44.3 Å². The number of hydrogen-bond acceptors (Lipinski definition) is 9. The summed E-state index contributed by atoms with van der Waals surface area (Å²) in [6.07, 6.45) is 2.96. The molecule has 3 aromatic heterocycles. The largest absolute Gasteiger partial charge is 0.511 e. The number of piperidine rings is 1. The maximum absolute atomic E-state index is 13.4. The number of carboxylic acid groups (broad SMARTS) is 1. The molecule has 1 aromatic carbocycles. The maximum atomic E-state index is 13.4. The number of nitrogens with one attached hydrogen (secondary N) is 1. The molecular formula is C24H23ClN6O4S2. The predicted octanol–water partition coefficient (Wildman–Crippen LogP) is 4.73. The first kappa shape index (κ1) is 24.3. The summed E-state index contributed by atoms with van der Waals surface area (Å²) in [6, 6.07) is 9.26. The molecule has 6 rings (SSSR count). The smallest absolute Gasteiger partial charge is 0.449 e. The molecule has 0 unspecified atom stereocenters. The fourth-order valence-corrected chi connectivity index (χ4v) is 6.60. The van der Waals surface area contributed by atoms with E-state index in [4.69, 9.17) is 21.4 Å². The van der Waals surface area contributed by atoms with E-state index in [0.717, 1.165) is 41.9 Å². The average Bonchev–Trinajstić information content (AvgIpc) is 3.29. The number of carbonyl (C=O) groups is 2. The Labute approximate surface area is 224 Å². The van der Waals surface area contributed by atoms with E-state index in [1.54, 1.807) is 16.7 Å². The molecule has 37 heavy (non-hydrogen) atoms. The molecule has 192 valence electrons. The second kappa shape index (κ2) is 10.0. The van der Waals surface area contributed by atoms with Gasteiger partial charge in [0.05, 0.1) is 26.8 Å². The van der Waals surface area contributed by atoms with Crippen molar-refractivity contribution in [1.82, 2.24) is 30.0 Å². The lowest BCUT2D eigenvalue weighted by atomic mass is 10.0. The van der Waals surface area contributed by atoms with Gasteiger partial charge in [0.2, 0.25) is 0 Å². The molecule has 13 heteroatoms. The Morgan fingerprint density at radius 3 is 2.62 bits per heavy atom. The van der Waals surface area contributed by atoms with Crippen LogP contribution in [0.2, 0.25) is 4.34 Å². The zero-order valence-electron chi connectivity index (χ0n) is 19.6. The van der Waals surface area contributed by atoms with Crippen LogP contribution >= 0.6 is 34.3 Å². The molecule has 2 N–H and O–H groups in total. The highest BCUT2D eigenvalue weighted by Gasteiger charge is 2.32. The monoisotopic (exact) mass is 558 g/mol. The molecule has 1 saturated carbocycles. The molecule has 2 fully saturated rings. The van der Waals surface area contributed by atoms with E-state index in [1.165, 1.54) is 41.6 Å². The Bertz CT molecular complexity index is 1470. The minimum Gasteiger partial charge on any atom is -0.449 e. The van der Waals surface area contributed by atoms with Crippen molar-refractivity contribution in [2.75, 3.05) is 13.1 Å². The summed E-state index contributed by atoms with van der Waals surface area (Å²) in [6.45, 7) is 2.22. The van der Waals surface area contributed by atoms with Crippen molar-refractivity contribution in [3.05, 3.63) is 45.5 Å². The number of thiophene rings is 1. The van der Waals surface area contributed by atoms with Crippen LogP contribution < -0.4 is 10.1 Å². The summed E-state index contributed by atoms with van der Waals surface area (Å²) in [5.74, 6) is 0.117. The summed E-state index contributed by atoms with van der Waals surface area (Å²) in [5.41, 5.74) is 1.13. The van der Waals surface area contributed by atoms with Gasteiger partial charge in [0.25, 0.3) is 5.91 Å². The van der Waals surface area contributed by atoms with E-state index in [0.29, 0.717) is 20.4 Å². The highest BCUT2D eigenvalue weighted by Crippen LogP contribution is 2.34. The van der Waals surface area contributed by atoms with Gasteiger partial charge in [-0.3, -0.25) is 4.79 Å². The van der Waals surface area contributed by atoms with Gasteiger partial charge in [-0.1, -0.05) is 22.9 Å². The molecule has 2 aliphatic rings. The molecular weight excluding hydrogens is 536 g/mol. The van der Waals surface area contributed by atoms with Gasteiger partial charge < -0.3 is 24.6 Å². The summed E-state index contributed by atoms with van der Waals surface area (Å²) >= 11 is 8.90. The fraction of sp³-hybridized carbons (Fsp3) is 0.375. The number of carbonyl (C=O) groups excluding carboxylic acids is 1. The van der Waals surface area contributed by atoms with Crippen LogP contribution in [0.1, 0.15) is 41.3 Å². The average molecular weight is 559 g/mol. The van der Waals surface area contributed by atoms with E-state index >= 15 is 0 Å². The van der Waals surface area contributed by atoms with E-state index in [1.807, 2.05) is 12.1 Å². The Balaban J connectivity index is 1.28. The number of aromatic nitrogens is 4. The summed E-state index contributed by atoms with van der Waals surface area (Å²) < 4.78 is 7.26. The number of nitrogens with zero attached hydrogens (tertiary/aromatic N) is 5. The number of ether oxygens (including phenoxy) is 1. The van der Waals surface area contributed by atoms with Gasteiger partial charge in [-0.2, -0.15) is 0 Å². The molecule has 0 atom stereocenters. The Morgan fingerprint density at radius 1 is 1.11 bits per heavy atom. The third kappa shape index (κ3) is 5.33. The Kier molecular flexibility index (Phi) is 6.57. The Morgan fingerprint density at radius 2 is 1.92 bits per heavy atom. The molecule has 0 radical (unpaired) electrons. The first-order valence-corrected chi connectivity index (χ1v) is 14.0. The zero-order chi connectivity index (χ0) is 25.5. The van der Waals surface area contributed by atoms with Crippen LogP contribution in [0.15, 0.2) is 30.3 Å². The predicted molar refractivity (Wildman–Crippen MR) is 141 cm³/mol. The van der Waals surface area contributed by atoms with Crippen LogP contribution in [-0.2, 0) is 6.54 Å². The van der Waals surface area contributed by atoms with E-state index in [-0.39, 0.29) is 30.1 Å². The highest BCUT2D eigenvalue weighted by molar-refractivity contribution is 7.23. The number of hydrogen-bond donors (Lipinski definition) is 2. The third-order valence-electron chi connectivity index (χ3n) is 6.60. The summed E-state index contributed by atoms with van der Waals surface area (Å²) in [5, 5.41) is 22.2. The van der Waals surface area contributed by atoms with Gasteiger partial charge in [0.15, 0.2) is 10.8 Å². The van der Waals surface area contributed by atoms with Crippen molar-refractivity contribution in [3.8, 4) is 15.6 Å². The van der Waals surface area contributed by atoms with Crippen molar-refractivity contribution in [3.63, 3.8) is 0 Å². The molecule has 0 bridgehead atoms. The van der Waals surface area contributed by atoms with Gasteiger partial charge in [0.1, 0.15) is 10.8 Å². The first-order chi connectivity index (χ1) is 17.9. The molecule has 1 aliphatic carbocycles. The summed E-state index contributed by atoms with van der Waals surface area (Å²) in [7, 11) is 0. The number of rotatable bonds is 7. The molecule has 10 nitrogen and oxygen atoms in total. The zero-order valence-corrected chi connectivity index (χ0v) is 22.0. The molecule has 1 saturated heterocycles. The van der Waals surface area contributed by atoms with Gasteiger partial charge >= 0.3 is 6.16 Å². The molecule has 4 heterocycles. The fourth-order valence-electron chi connectivity index (χ4n) is 4.68. The number of amides is 1. The lowest BCUT2D eigenvalue weighted by Crippen LogP contribution is -2.45.